The lowest BCUT2D eigenvalue weighted by molar-refractivity contribution is 0.475. The number of hydrogen-bond acceptors (Lipinski definition) is 4. The molecule has 0 amide bonds. The van der Waals surface area contributed by atoms with E-state index in [-0.39, 0.29) is 9.96 Å². The lowest BCUT2D eigenvalue weighted by Crippen LogP contribution is -2.25. The maximum Gasteiger partial charge on any atom is 0.274 e. The Hall–Kier alpha value is -1.05. The minimum Gasteiger partial charge on any atom is -0.508 e. The number of thiophene rings is 1. The van der Waals surface area contributed by atoms with Gasteiger partial charge in [0.15, 0.2) is 4.21 Å². The van der Waals surface area contributed by atoms with Crippen molar-refractivity contribution in [3.63, 3.8) is 0 Å². The van der Waals surface area contributed by atoms with E-state index in [4.69, 9.17) is 0 Å². The highest BCUT2D eigenvalue weighted by Crippen LogP contribution is 2.32. The van der Waals surface area contributed by atoms with Crippen molar-refractivity contribution >= 4 is 43.0 Å². The van der Waals surface area contributed by atoms with Crippen LogP contribution in [0.2, 0.25) is 0 Å². The number of nitrogens with zero attached hydrogens (tertiary/aromatic N) is 1. The SMILES string of the molecule is CN(c1ccc(O)cc1)S(=O)(=O)c1sccc1Br. The molecule has 2 rings (SSSR count). The molecule has 0 radical (unpaired) electrons. The highest BCUT2D eigenvalue weighted by Gasteiger charge is 2.25. The second-order valence-electron chi connectivity index (χ2n) is 3.54. The summed E-state index contributed by atoms with van der Waals surface area (Å²) in [7, 11) is -2.09. The van der Waals surface area contributed by atoms with Crippen LogP contribution in [0.1, 0.15) is 0 Å². The standard InChI is InChI=1S/C11H10BrNO3S2/c1-13(8-2-4-9(14)5-3-8)18(15,16)11-10(12)6-7-17-11/h2-7,14H,1H3. The van der Waals surface area contributed by atoms with Crippen molar-refractivity contribution in [3.05, 3.63) is 40.2 Å². The third-order valence-electron chi connectivity index (χ3n) is 2.39. The van der Waals surface area contributed by atoms with Gasteiger partial charge in [-0.1, -0.05) is 0 Å². The quantitative estimate of drug-likeness (QED) is 0.928. The van der Waals surface area contributed by atoms with Crippen molar-refractivity contribution in [3.8, 4) is 5.75 Å². The van der Waals surface area contributed by atoms with E-state index in [9.17, 15) is 13.5 Å². The Kier molecular flexibility index (Phi) is 3.65. The molecule has 18 heavy (non-hydrogen) atoms. The molecule has 0 unspecified atom stereocenters. The summed E-state index contributed by atoms with van der Waals surface area (Å²) in [6.45, 7) is 0. The summed E-state index contributed by atoms with van der Waals surface area (Å²) in [5, 5.41) is 10.9. The van der Waals surface area contributed by atoms with E-state index in [2.05, 4.69) is 15.9 Å². The first-order valence-electron chi connectivity index (χ1n) is 4.94. The van der Waals surface area contributed by atoms with Crippen LogP contribution in [-0.2, 0) is 10.0 Å². The number of rotatable bonds is 3. The molecule has 4 nitrogen and oxygen atoms in total. The molecule has 1 heterocycles. The summed E-state index contributed by atoms with van der Waals surface area (Å²) in [4.78, 5) is 0. The van der Waals surface area contributed by atoms with Crippen LogP contribution in [0.5, 0.6) is 5.75 Å². The fourth-order valence-electron chi connectivity index (χ4n) is 1.39. The first kappa shape index (κ1) is 13.4. The predicted octanol–water partition coefficient (Wildman–Crippen LogP) is 3.04. The van der Waals surface area contributed by atoms with E-state index in [0.717, 1.165) is 11.3 Å². The van der Waals surface area contributed by atoms with Gasteiger partial charge in [0.25, 0.3) is 10.0 Å². The normalized spacial score (nSPS) is 11.4. The Balaban J connectivity index is 2.42. The minimum atomic E-state index is -3.57. The molecule has 1 aromatic heterocycles. The Labute approximate surface area is 118 Å². The molecule has 0 aliphatic rings. The number of anilines is 1. The smallest absolute Gasteiger partial charge is 0.274 e. The Morgan fingerprint density at radius 1 is 1.22 bits per heavy atom. The summed E-state index contributed by atoms with van der Waals surface area (Å²) in [5.41, 5.74) is 0.494. The molecule has 1 N–H and O–H groups in total. The molecule has 0 saturated heterocycles. The topological polar surface area (TPSA) is 57.6 Å². The molecule has 96 valence electrons. The highest BCUT2D eigenvalue weighted by molar-refractivity contribution is 9.10. The first-order valence-corrected chi connectivity index (χ1v) is 8.05. The maximum absolute atomic E-state index is 12.3. The molecule has 0 aliphatic carbocycles. The van der Waals surface area contributed by atoms with Gasteiger partial charge in [0.2, 0.25) is 0 Å². The van der Waals surface area contributed by atoms with Crippen LogP contribution < -0.4 is 4.31 Å². The molecule has 0 atom stereocenters. The molecular formula is C11H10BrNO3S2. The number of sulfonamides is 1. The van der Waals surface area contributed by atoms with E-state index in [1.807, 2.05) is 0 Å². The van der Waals surface area contributed by atoms with Crippen LogP contribution in [-0.4, -0.2) is 20.6 Å². The molecule has 0 saturated carbocycles. The second kappa shape index (κ2) is 4.91. The van der Waals surface area contributed by atoms with E-state index >= 15 is 0 Å². The molecule has 7 heteroatoms. The van der Waals surface area contributed by atoms with Crippen LogP contribution in [0.15, 0.2) is 44.4 Å². The highest BCUT2D eigenvalue weighted by atomic mass is 79.9. The van der Waals surface area contributed by atoms with Gasteiger partial charge in [-0.15, -0.1) is 11.3 Å². The zero-order valence-electron chi connectivity index (χ0n) is 9.37. The van der Waals surface area contributed by atoms with Crippen LogP contribution in [0.25, 0.3) is 0 Å². The third kappa shape index (κ3) is 2.38. The zero-order valence-corrected chi connectivity index (χ0v) is 12.6. The van der Waals surface area contributed by atoms with Gasteiger partial charge in [0, 0.05) is 11.5 Å². The van der Waals surface area contributed by atoms with Crippen molar-refractivity contribution in [1.29, 1.82) is 0 Å². The lowest BCUT2D eigenvalue weighted by Gasteiger charge is -2.18. The Bertz CT molecular complexity index is 649. The fourth-order valence-corrected chi connectivity index (χ4v) is 5.05. The van der Waals surface area contributed by atoms with Crippen LogP contribution in [0, 0.1) is 0 Å². The minimum absolute atomic E-state index is 0.0989. The van der Waals surface area contributed by atoms with Crippen LogP contribution in [0.3, 0.4) is 0 Å². The molecule has 0 bridgehead atoms. The third-order valence-corrected chi connectivity index (χ3v) is 6.83. The molecular weight excluding hydrogens is 338 g/mol. The predicted molar refractivity (Wildman–Crippen MR) is 75.7 cm³/mol. The van der Waals surface area contributed by atoms with Crippen molar-refractivity contribution < 1.29 is 13.5 Å². The van der Waals surface area contributed by atoms with Gasteiger partial charge in [-0.2, -0.15) is 0 Å². The van der Waals surface area contributed by atoms with Gasteiger partial charge in [0.05, 0.1) is 5.69 Å². The van der Waals surface area contributed by atoms with Crippen molar-refractivity contribution in [2.75, 3.05) is 11.4 Å². The average molecular weight is 348 g/mol. The van der Waals surface area contributed by atoms with Gasteiger partial charge in [0.1, 0.15) is 5.75 Å². The summed E-state index contributed by atoms with van der Waals surface area (Å²) in [6, 6.07) is 7.70. The number of phenols is 1. The Morgan fingerprint density at radius 2 is 1.83 bits per heavy atom. The summed E-state index contributed by atoms with van der Waals surface area (Å²) in [6.07, 6.45) is 0. The molecule has 0 fully saturated rings. The second-order valence-corrected chi connectivity index (χ2v) is 7.48. The van der Waals surface area contributed by atoms with E-state index in [1.165, 1.54) is 23.5 Å². The van der Waals surface area contributed by atoms with Crippen molar-refractivity contribution in [2.24, 2.45) is 0 Å². The van der Waals surface area contributed by atoms with E-state index < -0.39 is 10.0 Å². The van der Waals surface area contributed by atoms with Gasteiger partial charge in [-0.3, -0.25) is 4.31 Å². The van der Waals surface area contributed by atoms with Crippen molar-refractivity contribution in [2.45, 2.75) is 4.21 Å². The molecule has 0 spiro atoms. The molecule has 0 aliphatic heterocycles. The van der Waals surface area contributed by atoms with Gasteiger partial charge in [-0.05, 0) is 51.6 Å². The van der Waals surface area contributed by atoms with E-state index in [1.54, 1.807) is 23.6 Å². The van der Waals surface area contributed by atoms with Crippen LogP contribution >= 0.6 is 27.3 Å². The number of hydrogen-bond donors (Lipinski definition) is 1. The number of benzene rings is 1. The first-order chi connectivity index (χ1) is 8.43. The monoisotopic (exact) mass is 347 g/mol. The maximum atomic E-state index is 12.3. The molecule has 1 aromatic carbocycles. The van der Waals surface area contributed by atoms with Gasteiger partial charge < -0.3 is 5.11 Å². The van der Waals surface area contributed by atoms with Gasteiger partial charge >= 0.3 is 0 Å². The number of aromatic hydroxyl groups is 1. The largest absolute Gasteiger partial charge is 0.508 e. The Morgan fingerprint density at radius 3 is 2.33 bits per heavy atom. The molecule has 2 aromatic rings. The zero-order chi connectivity index (χ0) is 13.3. The summed E-state index contributed by atoms with van der Waals surface area (Å²) in [5.74, 6) is 0.0989. The summed E-state index contributed by atoms with van der Waals surface area (Å²) < 4.78 is 26.7. The number of halogens is 1. The van der Waals surface area contributed by atoms with Crippen molar-refractivity contribution in [1.82, 2.24) is 0 Å². The van der Waals surface area contributed by atoms with Crippen LogP contribution in [0.4, 0.5) is 5.69 Å². The summed E-state index contributed by atoms with van der Waals surface area (Å²) >= 11 is 4.38. The average Bonchev–Trinajstić information content (AvgIpc) is 2.76. The fraction of sp³-hybridized carbons (Fsp3) is 0.0909. The lowest BCUT2D eigenvalue weighted by atomic mass is 10.3. The van der Waals surface area contributed by atoms with E-state index in [0.29, 0.717) is 10.2 Å². The number of phenolic OH excluding ortho intramolecular Hbond substituents is 1. The van der Waals surface area contributed by atoms with Gasteiger partial charge in [-0.25, -0.2) is 8.42 Å².